The number of nitrogens with one attached hydrogen (secondary N) is 1. The molecule has 3 nitrogen and oxygen atoms in total. The van der Waals surface area contributed by atoms with Gasteiger partial charge < -0.3 is 5.32 Å². The van der Waals surface area contributed by atoms with Crippen LogP contribution >= 0.6 is 11.6 Å². The van der Waals surface area contributed by atoms with Crippen LogP contribution in [-0.4, -0.2) is 23.9 Å². The molecule has 1 aliphatic rings. The molecular formula is C24H31ClN2O. The maximum Gasteiger partial charge on any atom is 0.223 e. The van der Waals surface area contributed by atoms with Crippen molar-refractivity contribution in [3.8, 4) is 0 Å². The van der Waals surface area contributed by atoms with E-state index in [1.54, 1.807) is 0 Å². The second-order valence-electron chi connectivity index (χ2n) is 8.01. The first-order chi connectivity index (χ1) is 13.5. The molecule has 0 radical (unpaired) electrons. The minimum Gasteiger partial charge on any atom is -0.349 e. The second kappa shape index (κ2) is 9.58. The third-order valence-electron chi connectivity index (χ3n) is 5.80. The van der Waals surface area contributed by atoms with Gasteiger partial charge in [-0.15, -0.1) is 0 Å². The highest BCUT2D eigenvalue weighted by Gasteiger charge is 2.26. The molecule has 0 saturated carbocycles. The number of halogens is 1. The molecule has 1 atom stereocenters. The molecule has 3 rings (SSSR count). The van der Waals surface area contributed by atoms with Crippen LogP contribution < -0.4 is 5.32 Å². The zero-order chi connectivity index (χ0) is 20.1. The van der Waals surface area contributed by atoms with E-state index in [1.807, 2.05) is 12.1 Å². The van der Waals surface area contributed by atoms with Gasteiger partial charge in [0.1, 0.15) is 0 Å². The topological polar surface area (TPSA) is 32.3 Å². The molecule has 1 amide bonds. The summed E-state index contributed by atoms with van der Waals surface area (Å²) in [6, 6.07) is 14.6. The highest BCUT2D eigenvalue weighted by atomic mass is 35.5. The summed E-state index contributed by atoms with van der Waals surface area (Å²) < 4.78 is 0. The van der Waals surface area contributed by atoms with Gasteiger partial charge in [0.15, 0.2) is 0 Å². The lowest BCUT2D eigenvalue weighted by atomic mass is 9.93. The predicted octanol–water partition coefficient (Wildman–Crippen LogP) is 5.44. The van der Waals surface area contributed by atoms with Gasteiger partial charge >= 0.3 is 0 Å². The Morgan fingerprint density at radius 1 is 1.14 bits per heavy atom. The number of hydrogen-bond donors (Lipinski definition) is 1. The summed E-state index contributed by atoms with van der Waals surface area (Å²) in [4.78, 5) is 15.3. The van der Waals surface area contributed by atoms with E-state index in [1.165, 1.54) is 22.3 Å². The van der Waals surface area contributed by atoms with E-state index < -0.39 is 0 Å². The lowest BCUT2D eigenvalue weighted by Gasteiger charge is -2.32. The SMILES string of the molecule is CC[C@H](NC(=O)C1CCN(Cc2ccc(Cl)cc2)CC1)c1ccc(C)cc1C. The largest absolute Gasteiger partial charge is 0.349 e. The van der Waals surface area contributed by atoms with Gasteiger partial charge in [0.2, 0.25) is 5.91 Å². The van der Waals surface area contributed by atoms with Crippen LogP contribution in [0.25, 0.3) is 0 Å². The van der Waals surface area contributed by atoms with Crippen molar-refractivity contribution in [2.75, 3.05) is 13.1 Å². The van der Waals surface area contributed by atoms with Gasteiger partial charge in [-0.2, -0.15) is 0 Å². The molecule has 2 aromatic rings. The number of rotatable bonds is 6. The Labute approximate surface area is 174 Å². The Kier molecular flexibility index (Phi) is 7.14. The van der Waals surface area contributed by atoms with E-state index in [9.17, 15) is 4.79 Å². The van der Waals surface area contributed by atoms with Crippen molar-refractivity contribution < 1.29 is 4.79 Å². The highest BCUT2D eigenvalue weighted by molar-refractivity contribution is 6.30. The average Bonchev–Trinajstić information content (AvgIpc) is 2.69. The van der Waals surface area contributed by atoms with Gasteiger partial charge in [-0.25, -0.2) is 0 Å². The molecule has 1 heterocycles. The summed E-state index contributed by atoms with van der Waals surface area (Å²) in [5.74, 6) is 0.319. The summed E-state index contributed by atoms with van der Waals surface area (Å²) in [6.45, 7) is 9.22. The van der Waals surface area contributed by atoms with E-state index in [0.29, 0.717) is 0 Å². The minimum absolute atomic E-state index is 0.0974. The molecule has 1 saturated heterocycles. The molecule has 1 aliphatic heterocycles. The fourth-order valence-electron chi connectivity index (χ4n) is 4.11. The molecule has 1 fully saturated rings. The van der Waals surface area contributed by atoms with Crippen LogP contribution in [0.2, 0.25) is 5.02 Å². The molecule has 0 bridgehead atoms. The van der Waals surface area contributed by atoms with Crippen molar-refractivity contribution in [1.29, 1.82) is 0 Å². The van der Waals surface area contributed by atoms with Crippen molar-refractivity contribution in [2.45, 2.75) is 52.6 Å². The fraction of sp³-hybridized carbons (Fsp3) is 0.458. The third-order valence-corrected chi connectivity index (χ3v) is 6.06. The van der Waals surface area contributed by atoms with Crippen molar-refractivity contribution >= 4 is 17.5 Å². The van der Waals surface area contributed by atoms with Crippen LogP contribution in [0.4, 0.5) is 0 Å². The molecular weight excluding hydrogens is 368 g/mol. The smallest absolute Gasteiger partial charge is 0.223 e. The van der Waals surface area contributed by atoms with Crippen molar-refractivity contribution in [3.05, 3.63) is 69.7 Å². The quantitative estimate of drug-likeness (QED) is 0.702. The van der Waals surface area contributed by atoms with Crippen LogP contribution in [0.5, 0.6) is 0 Å². The van der Waals surface area contributed by atoms with Crippen molar-refractivity contribution in [1.82, 2.24) is 10.2 Å². The number of benzene rings is 2. The van der Waals surface area contributed by atoms with Crippen molar-refractivity contribution in [3.63, 3.8) is 0 Å². The molecule has 0 spiro atoms. The van der Waals surface area contributed by atoms with Crippen LogP contribution in [0.1, 0.15) is 54.5 Å². The number of likely N-dealkylation sites (tertiary alicyclic amines) is 1. The first-order valence-corrected chi connectivity index (χ1v) is 10.7. The minimum atomic E-state index is 0.0974. The zero-order valence-electron chi connectivity index (χ0n) is 17.2. The number of amides is 1. The summed E-state index contributed by atoms with van der Waals surface area (Å²) in [7, 11) is 0. The summed E-state index contributed by atoms with van der Waals surface area (Å²) in [5.41, 5.74) is 5.02. The van der Waals surface area contributed by atoms with E-state index in [-0.39, 0.29) is 17.9 Å². The Balaban J connectivity index is 1.53. The Morgan fingerprint density at radius 2 is 1.82 bits per heavy atom. The van der Waals surface area contributed by atoms with Crippen LogP contribution in [0, 0.1) is 19.8 Å². The molecule has 0 unspecified atom stereocenters. The number of carbonyl (C=O) groups is 1. The monoisotopic (exact) mass is 398 g/mol. The third kappa shape index (κ3) is 5.36. The number of piperidine rings is 1. The van der Waals surface area contributed by atoms with Gasteiger partial charge in [0.05, 0.1) is 6.04 Å². The van der Waals surface area contributed by atoms with Crippen LogP contribution in [0.15, 0.2) is 42.5 Å². The van der Waals surface area contributed by atoms with Gasteiger partial charge in [-0.1, -0.05) is 54.4 Å². The van der Waals surface area contributed by atoms with E-state index in [2.05, 4.69) is 61.3 Å². The molecule has 1 N–H and O–H groups in total. The predicted molar refractivity (Wildman–Crippen MR) is 117 cm³/mol. The zero-order valence-corrected chi connectivity index (χ0v) is 17.9. The summed E-state index contributed by atoms with van der Waals surface area (Å²) >= 11 is 5.97. The Morgan fingerprint density at radius 3 is 2.43 bits per heavy atom. The second-order valence-corrected chi connectivity index (χ2v) is 8.44. The first kappa shape index (κ1) is 20.9. The van der Waals surface area contributed by atoms with Crippen molar-refractivity contribution in [2.24, 2.45) is 5.92 Å². The van der Waals surface area contributed by atoms with Gasteiger partial charge in [-0.05, 0) is 75.0 Å². The maximum absolute atomic E-state index is 12.9. The molecule has 2 aromatic carbocycles. The van der Waals surface area contributed by atoms with E-state index >= 15 is 0 Å². The number of hydrogen-bond acceptors (Lipinski definition) is 2. The van der Waals surface area contributed by atoms with Gasteiger partial charge in [0, 0.05) is 17.5 Å². The van der Waals surface area contributed by atoms with Gasteiger partial charge in [-0.3, -0.25) is 9.69 Å². The normalized spacial score (nSPS) is 16.7. The number of nitrogens with zero attached hydrogens (tertiary/aromatic N) is 1. The number of aryl methyl sites for hydroxylation is 2. The average molecular weight is 399 g/mol. The van der Waals surface area contributed by atoms with E-state index in [0.717, 1.165) is 43.9 Å². The molecule has 150 valence electrons. The lowest BCUT2D eigenvalue weighted by molar-refractivity contribution is -0.127. The highest BCUT2D eigenvalue weighted by Crippen LogP contribution is 2.25. The maximum atomic E-state index is 12.9. The standard InChI is InChI=1S/C24H31ClN2O/c1-4-23(22-10-5-17(2)15-18(22)3)26-24(28)20-11-13-27(14-12-20)16-19-6-8-21(25)9-7-19/h5-10,15,20,23H,4,11-14,16H2,1-3H3,(H,26,28)/t23-/m0/s1. The summed E-state index contributed by atoms with van der Waals surface area (Å²) in [5, 5.41) is 4.08. The van der Waals surface area contributed by atoms with Crippen LogP contribution in [-0.2, 0) is 11.3 Å². The molecule has 4 heteroatoms. The first-order valence-electron chi connectivity index (χ1n) is 10.3. The fourth-order valence-corrected chi connectivity index (χ4v) is 4.23. The Bertz CT molecular complexity index is 795. The number of carbonyl (C=O) groups excluding carboxylic acids is 1. The van der Waals surface area contributed by atoms with Crippen LogP contribution in [0.3, 0.4) is 0 Å². The molecule has 0 aromatic heterocycles. The Hall–Kier alpha value is -1.84. The molecule has 0 aliphatic carbocycles. The van der Waals surface area contributed by atoms with E-state index in [4.69, 9.17) is 11.6 Å². The van der Waals surface area contributed by atoms with Gasteiger partial charge in [0.25, 0.3) is 0 Å². The lowest BCUT2D eigenvalue weighted by Crippen LogP contribution is -2.41. The summed E-state index contributed by atoms with van der Waals surface area (Å²) in [6.07, 6.45) is 2.75. The molecule has 28 heavy (non-hydrogen) atoms.